The maximum atomic E-state index is 5.59. The van der Waals surface area contributed by atoms with Crippen LogP contribution in [0.1, 0.15) is 23.1 Å². The van der Waals surface area contributed by atoms with Gasteiger partial charge in [0.05, 0.1) is 0 Å². The summed E-state index contributed by atoms with van der Waals surface area (Å²) in [6.45, 7) is 4.29. The Balaban J connectivity index is 2.62. The number of benzene rings is 1. The third-order valence-corrected chi connectivity index (χ3v) is 2.50. The maximum absolute atomic E-state index is 5.59. The van der Waals surface area contributed by atoms with E-state index in [-0.39, 0.29) is 0 Å². The van der Waals surface area contributed by atoms with E-state index >= 15 is 0 Å². The summed E-state index contributed by atoms with van der Waals surface area (Å²) in [4.78, 5) is 0. The van der Waals surface area contributed by atoms with Crippen molar-refractivity contribution >= 4 is 11.6 Å². The van der Waals surface area contributed by atoms with Crippen molar-refractivity contribution in [3.8, 4) is 0 Å². The van der Waals surface area contributed by atoms with Crippen molar-refractivity contribution in [1.82, 2.24) is 0 Å². The Bertz CT molecular complexity index is 313. The van der Waals surface area contributed by atoms with Crippen molar-refractivity contribution in [2.75, 3.05) is 5.88 Å². The molecule has 0 fully saturated rings. The minimum atomic E-state index is 0.712. The summed E-state index contributed by atoms with van der Waals surface area (Å²) in [5.74, 6) is 0.712. The lowest BCUT2D eigenvalue weighted by Crippen LogP contribution is -1.88. The van der Waals surface area contributed by atoms with E-state index in [0.29, 0.717) is 5.88 Å². The van der Waals surface area contributed by atoms with Crippen LogP contribution < -0.4 is 0 Å². The number of hydrogen-bond donors (Lipinski definition) is 0. The van der Waals surface area contributed by atoms with Gasteiger partial charge in [-0.3, -0.25) is 0 Å². The van der Waals surface area contributed by atoms with Crippen LogP contribution in [0.2, 0.25) is 0 Å². The molecule has 0 spiro atoms. The summed E-state index contributed by atoms with van der Waals surface area (Å²) < 4.78 is 0. The number of alkyl halides is 1. The molecule has 1 aromatic carbocycles. The minimum absolute atomic E-state index is 0.712. The molecular weight excluding hydrogens is 192 g/mol. The van der Waals surface area contributed by atoms with E-state index in [4.69, 9.17) is 11.6 Å². The van der Waals surface area contributed by atoms with Gasteiger partial charge in [0, 0.05) is 5.88 Å². The van der Waals surface area contributed by atoms with Crippen molar-refractivity contribution in [2.45, 2.75) is 26.7 Å². The van der Waals surface area contributed by atoms with Gasteiger partial charge in [-0.2, -0.15) is 0 Å². The molecule has 0 saturated heterocycles. The second-order valence-corrected chi connectivity index (χ2v) is 3.96. The van der Waals surface area contributed by atoms with Gasteiger partial charge in [0.2, 0.25) is 0 Å². The van der Waals surface area contributed by atoms with Crippen molar-refractivity contribution in [1.29, 1.82) is 0 Å². The van der Waals surface area contributed by atoms with E-state index in [2.05, 4.69) is 44.2 Å². The molecule has 0 radical (unpaired) electrons. The molecule has 0 N–H and O–H groups in total. The van der Waals surface area contributed by atoms with Crippen LogP contribution in [0.15, 0.2) is 30.4 Å². The van der Waals surface area contributed by atoms with Crippen molar-refractivity contribution in [2.24, 2.45) is 0 Å². The third kappa shape index (κ3) is 3.55. The second kappa shape index (κ2) is 5.87. The molecule has 0 nitrogen and oxygen atoms in total. The Morgan fingerprint density at radius 3 is 2.71 bits per heavy atom. The maximum Gasteiger partial charge on any atom is 0.0258 e. The van der Waals surface area contributed by atoms with E-state index < -0.39 is 0 Å². The number of allylic oxidation sites excluding steroid dienone is 2. The highest BCUT2D eigenvalue weighted by molar-refractivity contribution is 6.17. The van der Waals surface area contributed by atoms with Crippen LogP contribution in [0, 0.1) is 13.8 Å². The average Bonchev–Trinajstić information content (AvgIpc) is 2.18. The van der Waals surface area contributed by atoms with Crippen LogP contribution in [0.3, 0.4) is 0 Å². The molecule has 0 bridgehead atoms. The van der Waals surface area contributed by atoms with Crippen LogP contribution >= 0.6 is 11.6 Å². The zero-order valence-corrected chi connectivity index (χ0v) is 9.64. The van der Waals surface area contributed by atoms with Crippen LogP contribution in [-0.2, 0) is 6.42 Å². The molecule has 0 amide bonds. The molecule has 14 heavy (non-hydrogen) atoms. The highest BCUT2D eigenvalue weighted by atomic mass is 35.5. The lowest BCUT2D eigenvalue weighted by atomic mass is 10.0. The van der Waals surface area contributed by atoms with Crippen LogP contribution in [0.25, 0.3) is 0 Å². The Morgan fingerprint density at radius 2 is 2.00 bits per heavy atom. The molecule has 0 aliphatic heterocycles. The number of hydrogen-bond acceptors (Lipinski definition) is 0. The average molecular weight is 209 g/mol. The molecule has 76 valence electrons. The molecule has 1 rings (SSSR count). The first-order valence-electron chi connectivity index (χ1n) is 5.01. The van der Waals surface area contributed by atoms with Crippen molar-refractivity contribution < 1.29 is 0 Å². The molecule has 1 heteroatoms. The van der Waals surface area contributed by atoms with E-state index in [0.717, 1.165) is 12.8 Å². The Labute approximate surface area is 91.6 Å². The Hall–Kier alpha value is -0.750. The van der Waals surface area contributed by atoms with Gasteiger partial charge < -0.3 is 0 Å². The van der Waals surface area contributed by atoms with Crippen LogP contribution in [-0.4, -0.2) is 5.88 Å². The highest BCUT2D eigenvalue weighted by Crippen LogP contribution is 2.11. The molecule has 0 aromatic heterocycles. The zero-order chi connectivity index (χ0) is 10.4. The van der Waals surface area contributed by atoms with Crippen LogP contribution in [0.5, 0.6) is 0 Å². The number of rotatable bonds is 4. The monoisotopic (exact) mass is 208 g/mol. The van der Waals surface area contributed by atoms with E-state index in [1.54, 1.807) is 0 Å². The summed E-state index contributed by atoms with van der Waals surface area (Å²) >= 11 is 5.59. The second-order valence-electron chi connectivity index (χ2n) is 3.58. The summed E-state index contributed by atoms with van der Waals surface area (Å²) in [6, 6.07) is 6.59. The van der Waals surface area contributed by atoms with Gasteiger partial charge in [0.15, 0.2) is 0 Å². The topological polar surface area (TPSA) is 0 Å². The summed E-state index contributed by atoms with van der Waals surface area (Å²) in [5, 5.41) is 0. The fraction of sp³-hybridized carbons (Fsp3) is 0.385. The van der Waals surface area contributed by atoms with Crippen molar-refractivity contribution in [3.05, 3.63) is 47.0 Å². The van der Waals surface area contributed by atoms with Gasteiger partial charge in [0.25, 0.3) is 0 Å². The Morgan fingerprint density at radius 1 is 1.21 bits per heavy atom. The fourth-order valence-corrected chi connectivity index (χ4v) is 1.54. The minimum Gasteiger partial charge on any atom is -0.126 e. The normalized spacial score (nSPS) is 11.1. The SMILES string of the molecule is Cc1ccc(C)c(CC=CCCCl)c1. The molecule has 0 atom stereocenters. The molecule has 1 aromatic rings. The van der Waals surface area contributed by atoms with Gasteiger partial charge in [-0.25, -0.2) is 0 Å². The van der Waals surface area contributed by atoms with E-state index in [1.807, 2.05) is 0 Å². The first-order valence-corrected chi connectivity index (χ1v) is 5.54. The first-order chi connectivity index (χ1) is 6.74. The smallest absolute Gasteiger partial charge is 0.0258 e. The largest absolute Gasteiger partial charge is 0.126 e. The van der Waals surface area contributed by atoms with Gasteiger partial charge >= 0.3 is 0 Å². The quantitative estimate of drug-likeness (QED) is 0.518. The first kappa shape index (κ1) is 11.3. The Kier molecular flexibility index (Phi) is 4.75. The molecule has 0 aliphatic rings. The summed E-state index contributed by atoms with van der Waals surface area (Å²) in [5.41, 5.74) is 4.11. The lowest BCUT2D eigenvalue weighted by molar-refractivity contribution is 1.16. The van der Waals surface area contributed by atoms with Crippen molar-refractivity contribution in [3.63, 3.8) is 0 Å². The van der Waals surface area contributed by atoms with E-state index in [9.17, 15) is 0 Å². The summed E-state index contributed by atoms with van der Waals surface area (Å²) in [6.07, 6.45) is 6.33. The molecule has 0 unspecified atom stereocenters. The molecular formula is C13H17Cl. The van der Waals surface area contributed by atoms with Gasteiger partial charge in [-0.1, -0.05) is 35.9 Å². The van der Waals surface area contributed by atoms with Crippen LogP contribution in [0.4, 0.5) is 0 Å². The number of halogens is 1. The predicted molar refractivity (Wildman–Crippen MR) is 64.1 cm³/mol. The number of aryl methyl sites for hydroxylation is 2. The highest BCUT2D eigenvalue weighted by Gasteiger charge is 1.95. The fourth-order valence-electron chi connectivity index (χ4n) is 1.41. The summed E-state index contributed by atoms with van der Waals surface area (Å²) in [7, 11) is 0. The van der Waals surface area contributed by atoms with Gasteiger partial charge in [-0.15, -0.1) is 11.6 Å². The zero-order valence-electron chi connectivity index (χ0n) is 8.89. The molecule has 0 saturated carbocycles. The van der Waals surface area contributed by atoms with E-state index in [1.165, 1.54) is 16.7 Å². The lowest BCUT2D eigenvalue weighted by Gasteiger charge is -2.03. The third-order valence-electron chi connectivity index (χ3n) is 2.28. The molecule has 0 heterocycles. The standard InChI is InChI=1S/C13H17Cl/c1-11-7-8-12(2)13(10-11)6-4-3-5-9-14/h3-4,7-8,10H,5-6,9H2,1-2H3. The predicted octanol–water partition coefficient (Wildman–Crippen LogP) is 4.03. The van der Waals surface area contributed by atoms with Gasteiger partial charge in [-0.05, 0) is 37.8 Å². The van der Waals surface area contributed by atoms with Gasteiger partial charge in [0.1, 0.15) is 0 Å². The molecule has 0 aliphatic carbocycles.